The molecule has 0 aliphatic heterocycles. The van der Waals surface area contributed by atoms with Crippen molar-refractivity contribution in [3.63, 3.8) is 0 Å². The summed E-state index contributed by atoms with van der Waals surface area (Å²) in [5.41, 5.74) is 5.81. The molecule has 0 saturated heterocycles. The minimum Gasteiger partial charge on any atom is -0.370 e. The van der Waals surface area contributed by atoms with Crippen LogP contribution in [0.1, 0.15) is 46.0 Å². The van der Waals surface area contributed by atoms with Gasteiger partial charge in [-0.1, -0.05) is 33.1 Å². The Kier molecular flexibility index (Phi) is 7.29. The molecule has 6 nitrogen and oxygen atoms in total. The van der Waals surface area contributed by atoms with Crippen molar-refractivity contribution < 1.29 is 8.42 Å². The summed E-state index contributed by atoms with van der Waals surface area (Å²) in [5, 5.41) is 3.18. The van der Waals surface area contributed by atoms with Crippen molar-refractivity contribution in [2.45, 2.75) is 52.0 Å². The van der Waals surface area contributed by atoms with Gasteiger partial charge in [0.2, 0.25) is 10.0 Å². The van der Waals surface area contributed by atoms with E-state index in [0.717, 1.165) is 12.8 Å². The van der Waals surface area contributed by atoms with Crippen molar-refractivity contribution >= 4 is 16.0 Å². The van der Waals surface area contributed by atoms with E-state index in [4.69, 9.17) is 5.73 Å². The summed E-state index contributed by atoms with van der Waals surface area (Å²) in [7, 11) is -3.21. The molecule has 3 N–H and O–H groups in total. The van der Waals surface area contributed by atoms with Gasteiger partial charge in [0.25, 0.3) is 0 Å². The Morgan fingerprint density at radius 3 is 2.40 bits per heavy atom. The quantitative estimate of drug-likeness (QED) is 0.540. The number of nitrogens with one attached hydrogen (secondary N) is 1. The van der Waals surface area contributed by atoms with Crippen LogP contribution in [0, 0.1) is 0 Å². The van der Waals surface area contributed by atoms with Gasteiger partial charge in [0.1, 0.15) is 0 Å². The van der Waals surface area contributed by atoms with Gasteiger partial charge in [-0.15, -0.1) is 0 Å². The number of sulfonamides is 1. The SMILES string of the molecule is CCN(CC)S(=O)(=O)CCN=C(N)NC1CCCCC1. The number of nitrogens with zero attached hydrogens (tertiary/aromatic N) is 2. The highest BCUT2D eigenvalue weighted by atomic mass is 32.2. The zero-order chi connectivity index (χ0) is 15.0. The molecule has 1 fully saturated rings. The van der Waals surface area contributed by atoms with E-state index < -0.39 is 10.0 Å². The van der Waals surface area contributed by atoms with Crippen molar-refractivity contribution in [1.82, 2.24) is 9.62 Å². The summed E-state index contributed by atoms with van der Waals surface area (Å²) < 4.78 is 25.4. The minimum atomic E-state index is -3.21. The Balaban J connectivity index is 2.38. The standard InChI is InChI=1S/C13H28N4O2S/c1-3-17(4-2)20(18,19)11-10-15-13(14)16-12-8-6-5-7-9-12/h12H,3-11H2,1-2H3,(H3,14,15,16). The molecule has 0 aromatic carbocycles. The molecule has 0 heterocycles. The van der Waals surface area contributed by atoms with Crippen LogP contribution in [0.2, 0.25) is 0 Å². The molecule has 1 rings (SSSR count). The maximum absolute atomic E-state index is 12.0. The van der Waals surface area contributed by atoms with Crippen molar-refractivity contribution in [3.8, 4) is 0 Å². The molecule has 1 saturated carbocycles. The van der Waals surface area contributed by atoms with Crippen molar-refractivity contribution in [2.24, 2.45) is 10.7 Å². The van der Waals surface area contributed by atoms with E-state index >= 15 is 0 Å². The largest absolute Gasteiger partial charge is 0.370 e. The van der Waals surface area contributed by atoms with Gasteiger partial charge < -0.3 is 11.1 Å². The Morgan fingerprint density at radius 2 is 1.85 bits per heavy atom. The van der Waals surface area contributed by atoms with Gasteiger partial charge in [-0.3, -0.25) is 4.99 Å². The average molecular weight is 304 g/mol. The van der Waals surface area contributed by atoms with Crippen molar-refractivity contribution in [2.75, 3.05) is 25.4 Å². The fourth-order valence-electron chi connectivity index (χ4n) is 2.53. The van der Waals surface area contributed by atoms with Crippen LogP contribution in [0.5, 0.6) is 0 Å². The number of hydrogen-bond donors (Lipinski definition) is 2. The second kappa shape index (κ2) is 8.46. The molecule has 0 unspecified atom stereocenters. The minimum absolute atomic E-state index is 0.0156. The lowest BCUT2D eigenvalue weighted by Crippen LogP contribution is -2.41. The lowest BCUT2D eigenvalue weighted by atomic mass is 9.96. The zero-order valence-electron chi connectivity index (χ0n) is 12.6. The Labute approximate surface area is 122 Å². The number of aliphatic imine (C=N–C) groups is 1. The molecule has 0 spiro atoms. The van der Waals surface area contributed by atoms with Crippen LogP contribution < -0.4 is 11.1 Å². The van der Waals surface area contributed by atoms with E-state index in [1.54, 1.807) is 0 Å². The van der Waals surface area contributed by atoms with Gasteiger partial charge in [-0.05, 0) is 12.8 Å². The molecule has 0 amide bonds. The van der Waals surface area contributed by atoms with Crippen molar-refractivity contribution in [3.05, 3.63) is 0 Å². The van der Waals surface area contributed by atoms with E-state index in [0.29, 0.717) is 25.1 Å². The molecule has 0 aromatic rings. The van der Waals surface area contributed by atoms with Crippen LogP contribution in [0.3, 0.4) is 0 Å². The highest BCUT2D eigenvalue weighted by Crippen LogP contribution is 2.16. The van der Waals surface area contributed by atoms with Crippen molar-refractivity contribution in [1.29, 1.82) is 0 Å². The molecule has 1 aliphatic rings. The third-order valence-electron chi connectivity index (χ3n) is 3.69. The fourth-order valence-corrected chi connectivity index (χ4v) is 3.90. The summed E-state index contributed by atoms with van der Waals surface area (Å²) in [5.74, 6) is 0.383. The van der Waals surface area contributed by atoms with Gasteiger partial charge in [0.15, 0.2) is 5.96 Å². The van der Waals surface area contributed by atoms with Gasteiger partial charge in [-0.25, -0.2) is 12.7 Å². The molecule has 0 aromatic heterocycles. The second-order valence-electron chi connectivity index (χ2n) is 5.15. The average Bonchev–Trinajstić information content (AvgIpc) is 2.40. The van der Waals surface area contributed by atoms with Crippen LogP contribution in [0.4, 0.5) is 0 Å². The smallest absolute Gasteiger partial charge is 0.215 e. The molecule has 0 atom stereocenters. The van der Waals surface area contributed by atoms with Gasteiger partial charge >= 0.3 is 0 Å². The normalized spacial score (nSPS) is 18.4. The van der Waals surface area contributed by atoms with E-state index in [1.165, 1.54) is 23.6 Å². The summed E-state index contributed by atoms with van der Waals surface area (Å²) in [6.45, 7) is 4.88. The predicted molar refractivity (Wildman–Crippen MR) is 83.2 cm³/mol. The lowest BCUT2D eigenvalue weighted by molar-refractivity contribution is 0.412. The third-order valence-corrected chi connectivity index (χ3v) is 5.69. The lowest BCUT2D eigenvalue weighted by Gasteiger charge is -2.23. The van der Waals surface area contributed by atoms with Crippen LogP contribution in [-0.2, 0) is 10.0 Å². The molecule has 20 heavy (non-hydrogen) atoms. The van der Waals surface area contributed by atoms with E-state index in [-0.39, 0.29) is 12.3 Å². The number of nitrogens with two attached hydrogens (primary N) is 1. The Hall–Kier alpha value is -0.820. The van der Waals surface area contributed by atoms with Gasteiger partial charge in [-0.2, -0.15) is 0 Å². The summed E-state index contributed by atoms with van der Waals surface area (Å²) in [6, 6.07) is 0.395. The molecule has 0 bridgehead atoms. The van der Waals surface area contributed by atoms with E-state index in [9.17, 15) is 8.42 Å². The fraction of sp³-hybridized carbons (Fsp3) is 0.923. The second-order valence-corrected chi connectivity index (χ2v) is 7.24. The molecule has 0 radical (unpaired) electrons. The van der Waals surface area contributed by atoms with Gasteiger partial charge in [0, 0.05) is 19.1 Å². The monoisotopic (exact) mass is 304 g/mol. The first-order valence-electron chi connectivity index (χ1n) is 7.53. The van der Waals surface area contributed by atoms with Crippen LogP contribution >= 0.6 is 0 Å². The van der Waals surface area contributed by atoms with Crippen LogP contribution in [0.25, 0.3) is 0 Å². The van der Waals surface area contributed by atoms with Crippen LogP contribution in [-0.4, -0.2) is 50.1 Å². The number of hydrogen-bond acceptors (Lipinski definition) is 3. The topological polar surface area (TPSA) is 87.8 Å². The highest BCUT2D eigenvalue weighted by Gasteiger charge is 2.18. The first kappa shape index (κ1) is 17.2. The predicted octanol–water partition coefficient (Wildman–Crippen LogP) is 0.895. The summed E-state index contributed by atoms with van der Waals surface area (Å²) in [6.07, 6.45) is 5.97. The number of rotatable bonds is 7. The third kappa shape index (κ3) is 5.66. The van der Waals surface area contributed by atoms with E-state index in [2.05, 4.69) is 10.3 Å². The molecular weight excluding hydrogens is 276 g/mol. The maximum Gasteiger partial charge on any atom is 0.215 e. The van der Waals surface area contributed by atoms with Crippen LogP contribution in [0.15, 0.2) is 4.99 Å². The molecule has 7 heteroatoms. The molecule has 118 valence electrons. The first-order valence-corrected chi connectivity index (χ1v) is 9.14. The Bertz CT molecular complexity index is 399. The maximum atomic E-state index is 12.0. The summed E-state index contributed by atoms with van der Waals surface area (Å²) in [4.78, 5) is 4.13. The molecular formula is C13H28N4O2S. The Morgan fingerprint density at radius 1 is 1.25 bits per heavy atom. The van der Waals surface area contributed by atoms with E-state index in [1.807, 2.05) is 13.8 Å². The highest BCUT2D eigenvalue weighted by molar-refractivity contribution is 7.89. The number of guanidine groups is 1. The summed E-state index contributed by atoms with van der Waals surface area (Å²) >= 11 is 0. The zero-order valence-corrected chi connectivity index (χ0v) is 13.5. The molecule has 1 aliphatic carbocycles. The first-order chi connectivity index (χ1) is 9.49. The van der Waals surface area contributed by atoms with Gasteiger partial charge in [0.05, 0.1) is 12.3 Å².